The molecule has 0 amide bonds. The molecule has 76 valence electrons. The second-order valence-electron chi connectivity index (χ2n) is 4.02. The number of hydrogen-bond donors (Lipinski definition) is 1. The third-order valence-electron chi connectivity index (χ3n) is 3.20. The molecule has 1 N–H and O–H groups in total. The zero-order chi connectivity index (χ0) is 10.2. The number of fused-ring (bicyclic) bond motifs is 1. The number of aliphatic hydroxyl groups excluding tert-OH is 1. The molecule has 0 radical (unpaired) electrons. The van der Waals surface area contributed by atoms with Gasteiger partial charge in [-0.15, -0.1) is 0 Å². The molecular formula is C12H16O2. The second kappa shape index (κ2) is 3.37. The Hall–Kier alpha value is -0.860. The Morgan fingerprint density at radius 2 is 2.29 bits per heavy atom. The summed E-state index contributed by atoms with van der Waals surface area (Å²) in [5, 5.41) is 9.43. The minimum absolute atomic E-state index is 0.0694. The van der Waals surface area contributed by atoms with Gasteiger partial charge in [0.1, 0.15) is 5.60 Å². The molecule has 1 aliphatic rings. The summed E-state index contributed by atoms with van der Waals surface area (Å²) in [5.41, 5.74) is 3.26. The van der Waals surface area contributed by atoms with Crippen LogP contribution in [0.5, 0.6) is 0 Å². The minimum atomic E-state index is -0.443. The molecule has 0 spiro atoms. The standard InChI is InChI=1S/C12H16O2/c1-9-3-4-10-5-6-12(8-13,14-2)11(10)7-9/h3-4,7,13H,5-6,8H2,1-2H3. The molecule has 14 heavy (non-hydrogen) atoms. The molecule has 0 heterocycles. The van der Waals surface area contributed by atoms with Crippen LogP contribution in [0.1, 0.15) is 23.1 Å². The van der Waals surface area contributed by atoms with E-state index >= 15 is 0 Å². The monoisotopic (exact) mass is 192 g/mol. The summed E-state index contributed by atoms with van der Waals surface area (Å²) in [6, 6.07) is 6.38. The first kappa shape index (κ1) is 9.69. The van der Waals surface area contributed by atoms with Crippen LogP contribution in [0.25, 0.3) is 0 Å². The molecule has 1 aromatic carbocycles. The highest BCUT2D eigenvalue weighted by Gasteiger charge is 2.38. The molecule has 0 aromatic heterocycles. The average molecular weight is 192 g/mol. The number of aliphatic hydroxyl groups is 1. The summed E-state index contributed by atoms with van der Waals surface area (Å²) in [5.74, 6) is 0. The van der Waals surface area contributed by atoms with E-state index in [0.717, 1.165) is 12.8 Å². The predicted molar refractivity (Wildman–Crippen MR) is 55.3 cm³/mol. The largest absolute Gasteiger partial charge is 0.393 e. The highest BCUT2D eigenvalue weighted by atomic mass is 16.5. The van der Waals surface area contributed by atoms with Gasteiger partial charge in [0.05, 0.1) is 6.61 Å². The van der Waals surface area contributed by atoms with Gasteiger partial charge in [-0.05, 0) is 30.9 Å². The van der Waals surface area contributed by atoms with Crippen LogP contribution in [0.2, 0.25) is 0 Å². The summed E-state index contributed by atoms with van der Waals surface area (Å²) in [4.78, 5) is 0. The predicted octanol–water partition coefficient (Wildman–Crippen LogP) is 1.78. The SMILES string of the molecule is COC1(CO)CCc2ccc(C)cc21. The molecule has 1 aromatic rings. The molecule has 0 fully saturated rings. The van der Waals surface area contributed by atoms with Gasteiger partial charge in [0.2, 0.25) is 0 Å². The molecule has 1 aliphatic carbocycles. The van der Waals surface area contributed by atoms with Gasteiger partial charge in [-0.1, -0.05) is 23.8 Å². The first-order valence-electron chi connectivity index (χ1n) is 4.98. The smallest absolute Gasteiger partial charge is 0.116 e. The van der Waals surface area contributed by atoms with Crippen LogP contribution >= 0.6 is 0 Å². The first-order valence-corrected chi connectivity index (χ1v) is 4.98. The Morgan fingerprint density at radius 3 is 2.93 bits per heavy atom. The number of hydrogen-bond acceptors (Lipinski definition) is 2. The highest BCUT2D eigenvalue weighted by Crippen LogP contribution is 2.39. The normalized spacial score (nSPS) is 25.1. The molecule has 0 aliphatic heterocycles. The van der Waals surface area contributed by atoms with Crippen molar-refractivity contribution < 1.29 is 9.84 Å². The molecule has 1 atom stereocenters. The van der Waals surface area contributed by atoms with Crippen LogP contribution in [0.3, 0.4) is 0 Å². The van der Waals surface area contributed by atoms with Gasteiger partial charge >= 0.3 is 0 Å². The van der Waals surface area contributed by atoms with Crippen molar-refractivity contribution in [1.29, 1.82) is 0 Å². The van der Waals surface area contributed by atoms with Crippen LogP contribution in [0.4, 0.5) is 0 Å². The molecule has 0 saturated carbocycles. The van der Waals surface area contributed by atoms with Gasteiger partial charge in [-0.2, -0.15) is 0 Å². The van der Waals surface area contributed by atoms with Crippen LogP contribution in [0.15, 0.2) is 18.2 Å². The van der Waals surface area contributed by atoms with E-state index in [-0.39, 0.29) is 6.61 Å². The maximum atomic E-state index is 9.43. The molecule has 1 unspecified atom stereocenters. The molecule has 2 nitrogen and oxygen atoms in total. The van der Waals surface area contributed by atoms with Crippen molar-refractivity contribution in [2.45, 2.75) is 25.4 Å². The van der Waals surface area contributed by atoms with Gasteiger partial charge < -0.3 is 9.84 Å². The molecule has 2 rings (SSSR count). The summed E-state index contributed by atoms with van der Waals surface area (Å²) in [7, 11) is 1.67. The topological polar surface area (TPSA) is 29.5 Å². The quantitative estimate of drug-likeness (QED) is 0.774. The van der Waals surface area contributed by atoms with Crippen molar-refractivity contribution in [3.8, 4) is 0 Å². The van der Waals surface area contributed by atoms with Gasteiger partial charge in [0.25, 0.3) is 0 Å². The minimum Gasteiger partial charge on any atom is -0.393 e. The van der Waals surface area contributed by atoms with Crippen LogP contribution in [0, 0.1) is 6.92 Å². The summed E-state index contributed by atoms with van der Waals surface area (Å²) in [6.07, 6.45) is 1.89. The van der Waals surface area contributed by atoms with Crippen LogP contribution in [-0.4, -0.2) is 18.8 Å². The zero-order valence-corrected chi connectivity index (χ0v) is 8.71. The first-order chi connectivity index (χ1) is 6.72. The fourth-order valence-corrected chi connectivity index (χ4v) is 2.24. The Morgan fingerprint density at radius 1 is 1.50 bits per heavy atom. The van der Waals surface area contributed by atoms with E-state index in [1.165, 1.54) is 16.7 Å². The summed E-state index contributed by atoms with van der Waals surface area (Å²) >= 11 is 0. The van der Waals surface area contributed by atoms with Gasteiger partial charge in [0, 0.05) is 7.11 Å². The van der Waals surface area contributed by atoms with E-state index in [0.29, 0.717) is 0 Å². The molecule has 0 bridgehead atoms. The number of rotatable bonds is 2. The molecule has 2 heteroatoms. The van der Waals surface area contributed by atoms with E-state index in [9.17, 15) is 5.11 Å². The van der Waals surface area contributed by atoms with Crippen molar-refractivity contribution in [3.63, 3.8) is 0 Å². The average Bonchev–Trinajstić information content (AvgIpc) is 2.57. The van der Waals surface area contributed by atoms with E-state index in [1.807, 2.05) is 0 Å². The van der Waals surface area contributed by atoms with Crippen LogP contribution in [-0.2, 0) is 16.8 Å². The third kappa shape index (κ3) is 1.26. The third-order valence-corrected chi connectivity index (χ3v) is 3.20. The van der Waals surface area contributed by atoms with E-state index in [2.05, 4.69) is 25.1 Å². The molecule has 0 saturated heterocycles. The van der Waals surface area contributed by atoms with Crippen molar-refractivity contribution >= 4 is 0 Å². The van der Waals surface area contributed by atoms with Gasteiger partial charge in [-0.3, -0.25) is 0 Å². The Labute approximate surface area is 84.5 Å². The van der Waals surface area contributed by atoms with E-state index in [1.54, 1.807) is 7.11 Å². The van der Waals surface area contributed by atoms with E-state index < -0.39 is 5.60 Å². The maximum Gasteiger partial charge on any atom is 0.116 e. The van der Waals surface area contributed by atoms with Crippen molar-refractivity contribution in [2.75, 3.05) is 13.7 Å². The Kier molecular flexibility index (Phi) is 2.33. The van der Waals surface area contributed by atoms with Crippen molar-refractivity contribution in [3.05, 3.63) is 34.9 Å². The van der Waals surface area contributed by atoms with Crippen molar-refractivity contribution in [1.82, 2.24) is 0 Å². The maximum absolute atomic E-state index is 9.43. The van der Waals surface area contributed by atoms with E-state index in [4.69, 9.17) is 4.74 Å². The molecular weight excluding hydrogens is 176 g/mol. The summed E-state index contributed by atoms with van der Waals surface area (Å²) in [6.45, 7) is 2.14. The second-order valence-corrected chi connectivity index (χ2v) is 4.02. The lowest BCUT2D eigenvalue weighted by Crippen LogP contribution is -2.29. The number of methoxy groups -OCH3 is 1. The summed E-state index contributed by atoms with van der Waals surface area (Å²) < 4.78 is 5.48. The van der Waals surface area contributed by atoms with Crippen molar-refractivity contribution in [2.24, 2.45) is 0 Å². The fraction of sp³-hybridized carbons (Fsp3) is 0.500. The highest BCUT2D eigenvalue weighted by molar-refractivity contribution is 5.40. The Bertz CT molecular complexity index is 340. The lowest BCUT2D eigenvalue weighted by atomic mass is 9.95. The fourth-order valence-electron chi connectivity index (χ4n) is 2.24. The Balaban J connectivity index is 2.51. The van der Waals surface area contributed by atoms with Gasteiger partial charge in [0.15, 0.2) is 0 Å². The lowest BCUT2D eigenvalue weighted by Gasteiger charge is -2.26. The lowest BCUT2D eigenvalue weighted by molar-refractivity contribution is -0.0554. The van der Waals surface area contributed by atoms with Crippen LogP contribution < -0.4 is 0 Å². The zero-order valence-electron chi connectivity index (χ0n) is 8.71. The number of ether oxygens (including phenoxy) is 1. The number of benzene rings is 1. The van der Waals surface area contributed by atoms with Gasteiger partial charge in [-0.25, -0.2) is 0 Å². The number of aryl methyl sites for hydroxylation is 2.